The molecule has 1 saturated heterocycles. The largest absolute Gasteiger partial charge is 0.481 e. The second-order valence-electron chi connectivity index (χ2n) is 6.16. The fourth-order valence-corrected chi connectivity index (χ4v) is 3.61. The molecule has 1 saturated carbocycles. The minimum Gasteiger partial charge on any atom is -0.481 e. The van der Waals surface area contributed by atoms with E-state index in [4.69, 9.17) is 5.73 Å². The molecule has 2 atom stereocenters. The van der Waals surface area contributed by atoms with Gasteiger partial charge in [0, 0.05) is 13.1 Å². The summed E-state index contributed by atoms with van der Waals surface area (Å²) in [4.78, 5) is 40.3. The maximum atomic E-state index is 12.3. The van der Waals surface area contributed by atoms with Crippen molar-refractivity contribution in [1.29, 1.82) is 0 Å². The zero-order valence-electron chi connectivity index (χ0n) is 12.5. The van der Waals surface area contributed by atoms with Crippen LogP contribution in [-0.4, -0.2) is 46.0 Å². The van der Waals surface area contributed by atoms with Crippen molar-refractivity contribution >= 4 is 23.6 Å². The Hall–Kier alpha value is -2.64. The predicted octanol–water partition coefficient (Wildman–Crippen LogP) is 0.899. The van der Waals surface area contributed by atoms with Crippen molar-refractivity contribution in [1.82, 2.24) is 9.88 Å². The van der Waals surface area contributed by atoms with Gasteiger partial charge in [-0.3, -0.25) is 9.59 Å². The Morgan fingerprint density at radius 2 is 2.17 bits per heavy atom. The van der Waals surface area contributed by atoms with Gasteiger partial charge in [-0.15, -0.1) is 0 Å². The van der Waals surface area contributed by atoms with Gasteiger partial charge >= 0.3 is 12.0 Å². The quantitative estimate of drug-likeness (QED) is 0.763. The molecular weight excluding hydrogens is 300 g/mol. The summed E-state index contributed by atoms with van der Waals surface area (Å²) >= 11 is 0. The lowest BCUT2D eigenvalue weighted by Gasteiger charge is -2.23. The first kappa shape index (κ1) is 15.3. The van der Waals surface area contributed by atoms with Crippen LogP contribution in [0.5, 0.6) is 0 Å². The first-order chi connectivity index (χ1) is 10.9. The van der Waals surface area contributed by atoms with Crippen molar-refractivity contribution in [2.45, 2.75) is 19.3 Å². The van der Waals surface area contributed by atoms with Crippen LogP contribution in [0, 0.1) is 11.3 Å². The number of nitrogens with zero attached hydrogens (tertiary/aromatic N) is 2. The standard InChI is InChI=1S/C15H18N4O4/c16-12(20)11-4-3-10(6-17-11)18-14(23)19-7-9-2-1-5-15(9,8-19)13(21)22/h3-4,6,9H,1-2,5,7-8H2,(H2,16,20)(H,18,23)(H,21,22)/t9-,15+/m0/s1. The highest BCUT2D eigenvalue weighted by Crippen LogP contribution is 2.48. The molecule has 23 heavy (non-hydrogen) atoms. The molecule has 0 radical (unpaired) electrons. The molecule has 1 aromatic rings. The molecule has 0 aromatic carbocycles. The van der Waals surface area contributed by atoms with E-state index in [1.54, 1.807) is 4.90 Å². The number of fused-ring (bicyclic) bond motifs is 1. The molecule has 2 aliphatic rings. The summed E-state index contributed by atoms with van der Waals surface area (Å²) < 4.78 is 0. The minimum absolute atomic E-state index is 0.0149. The molecular formula is C15H18N4O4. The highest BCUT2D eigenvalue weighted by Gasteiger charge is 2.55. The zero-order valence-corrected chi connectivity index (χ0v) is 12.5. The number of rotatable bonds is 3. The number of carboxylic acids is 1. The maximum Gasteiger partial charge on any atom is 0.321 e. The number of hydrogen-bond donors (Lipinski definition) is 3. The lowest BCUT2D eigenvalue weighted by atomic mass is 9.81. The Kier molecular flexibility index (Phi) is 3.67. The lowest BCUT2D eigenvalue weighted by molar-refractivity contribution is -0.149. The lowest BCUT2D eigenvalue weighted by Crippen LogP contribution is -2.38. The summed E-state index contributed by atoms with van der Waals surface area (Å²) in [6, 6.07) is 2.61. The topological polar surface area (TPSA) is 126 Å². The number of urea groups is 1. The van der Waals surface area contributed by atoms with E-state index in [0.717, 1.165) is 12.8 Å². The molecule has 8 heteroatoms. The summed E-state index contributed by atoms with van der Waals surface area (Å²) in [6.07, 6.45) is 3.70. The summed E-state index contributed by atoms with van der Waals surface area (Å²) in [7, 11) is 0. The summed E-state index contributed by atoms with van der Waals surface area (Å²) in [6.45, 7) is 0.677. The summed E-state index contributed by atoms with van der Waals surface area (Å²) in [5, 5.41) is 12.2. The van der Waals surface area contributed by atoms with Crippen LogP contribution in [-0.2, 0) is 4.79 Å². The second-order valence-corrected chi connectivity index (χ2v) is 6.16. The van der Waals surface area contributed by atoms with Gasteiger partial charge in [0.25, 0.3) is 5.91 Å². The third-order valence-corrected chi connectivity index (χ3v) is 4.85. The number of likely N-dealkylation sites (tertiary alicyclic amines) is 1. The smallest absolute Gasteiger partial charge is 0.321 e. The van der Waals surface area contributed by atoms with Crippen LogP contribution in [0.25, 0.3) is 0 Å². The number of carbonyl (C=O) groups excluding carboxylic acids is 2. The normalized spacial score (nSPS) is 25.9. The second kappa shape index (κ2) is 5.53. The molecule has 8 nitrogen and oxygen atoms in total. The third kappa shape index (κ3) is 2.60. The first-order valence-corrected chi connectivity index (χ1v) is 7.47. The van der Waals surface area contributed by atoms with Gasteiger partial charge < -0.3 is 21.1 Å². The Morgan fingerprint density at radius 3 is 2.74 bits per heavy atom. The van der Waals surface area contributed by atoms with Crippen molar-refractivity contribution in [2.24, 2.45) is 17.1 Å². The average Bonchev–Trinajstić information content (AvgIpc) is 3.05. The number of carbonyl (C=O) groups is 3. The molecule has 3 rings (SSSR count). The number of aromatic nitrogens is 1. The Labute approximate surface area is 132 Å². The van der Waals surface area contributed by atoms with E-state index in [0.29, 0.717) is 18.7 Å². The van der Waals surface area contributed by atoms with Crippen LogP contribution in [0.4, 0.5) is 10.5 Å². The third-order valence-electron chi connectivity index (χ3n) is 4.85. The van der Waals surface area contributed by atoms with Gasteiger partial charge in [0.1, 0.15) is 5.69 Å². The minimum atomic E-state index is -0.817. The van der Waals surface area contributed by atoms with Crippen molar-refractivity contribution in [3.05, 3.63) is 24.0 Å². The molecule has 2 fully saturated rings. The van der Waals surface area contributed by atoms with Gasteiger partial charge in [-0.2, -0.15) is 0 Å². The summed E-state index contributed by atoms with van der Waals surface area (Å²) in [5.74, 6) is -1.44. The number of amides is 3. The van der Waals surface area contributed by atoms with Crippen LogP contribution < -0.4 is 11.1 Å². The van der Waals surface area contributed by atoms with Crippen LogP contribution in [0.1, 0.15) is 29.8 Å². The fraction of sp³-hybridized carbons (Fsp3) is 0.467. The first-order valence-electron chi connectivity index (χ1n) is 7.47. The number of primary amides is 1. The molecule has 1 aromatic heterocycles. The number of anilines is 1. The van der Waals surface area contributed by atoms with E-state index >= 15 is 0 Å². The monoisotopic (exact) mass is 318 g/mol. The van der Waals surface area contributed by atoms with E-state index < -0.39 is 17.3 Å². The molecule has 3 amide bonds. The number of hydrogen-bond acceptors (Lipinski definition) is 4. The van der Waals surface area contributed by atoms with Crippen LogP contribution >= 0.6 is 0 Å². The molecule has 4 N–H and O–H groups in total. The highest BCUT2D eigenvalue weighted by atomic mass is 16.4. The van der Waals surface area contributed by atoms with Crippen molar-refractivity contribution in [2.75, 3.05) is 18.4 Å². The molecule has 122 valence electrons. The molecule has 2 heterocycles. The molecule has 0 bridgehead atoms. The van der Waals surface area contributed by atoms with Gasteiger partial charge in [-0.1, -0.05) is 6.42 Å². The van der Waals surface area contributed by atoms with Crippen LogP contribution in [0.2, 0.25) is 0 Å². The Balaban J connectivity index is 1.68. The number of aliphatic carboxylic acids is 1. The van der Waals surface area contributed by atoms with Crippen LogP contribution in [0.3, 0.4) is 0 Å². The summed E-state index contributed by atoms with van der Waals surface area (Å²) in [5.41, 5.74) is 4.85. The number of carboxylic acid groups (broad SMARTS) is 1. The fourth-order valence-electron chi connectivity index (χ4n) is 3.61. The zero-order chi connectivity index (χ0) is 16.6. The Morgan fingerprint density at radius 1 is 1.39 bits per heavy atom. The maximum absolute atomic E-state index is 12.3. The van der Waals surface area contributed by atoms with E-state index in [2.05, 4.69) is 10.3 Å². The number of pyridine rings is 1. The number of nitrogens with two attached hydrogens (primary N) is 1. The van der Waals surface area contributed by atoms with E-state index in [9.17, 15) is 19.5 Å². The highest BCUT2D eigenvalue weighted by molar-refractivity contribution is 5.93. The van der Waals surface area contributed by atoms with Crippen molar-refractivity contribution in [3.8, 4) is 0 Å². The van der Waals surface area contributed by atoms with Gasteiger partial charge in [-0.25, -0.2) is 9.78 Å². The van der Waals surface area contributed by atoms with Crippen LogP contribution in [0.15, 0.2) is 18.3 Å². The van der Waals surface area contributed by atoms with Crippen molar-refractivity contribution < 1.29 is 19.5 Å². The van der Waals surface area contributed by atoms with E-state index in [1.165, 1.54) is 18.3 Å². The van der Waals surface area contributed by atoms with Gasteiger partial charge in [0.15, 0.2) is 0 Å². The predicted molar refractivity (Wildman–Crippen MR) is 80.8 cm³/mol. The van der Waals surface area contributed by atoms with E-state index in [1.807, 2.05) is 0 Å². The van der Waals surface area contributed by atoms with Gasteiger partial charge in [-0.05, 0) is 30.9 Å². The van der Waals surface area contributed by atoms with E-state index in [-0.39, 0.29) is 24.2 Å². The van der Waals surface area contributed by atoms with Gasteiger partial charge in [0.05, 0.1) is 17.3 Å². The molecule has 1 aliphatic carbocycles. The molecule has 0 unspecified atom stereocenters. The molecule has 1 aliphatic heterocycles. The van der Waals surface area contributed by atoms with Gasteiger partial charge in [0.2, 0.25) is 0 Å². The molecule has 0 spiro atoms. The number of nitrogens with one attached hydrogen (secondary N) is 1. The SMILES string of the molecule is NC(=O)c1ccc(NC(=O)N2C[C@@H]3CCC[C@@]3(C(=O)O)C2)cn1. The van der Waals surface area contributed by atoms with Crippen molar-refractivity contribution in [3.63, 3.8) is 0 Å². The average molecular weight is 318 g/mol. The Bertz CT molecular complexity index is 660.